The lowest BCUT2D eigenvalue weighted by Crippen LogP contribution is -2.45. The van der Waals surface area contributed by atoms with Crippen molar-refractivity contribution in [2.45, 2.75) is 53.1 Å². The Morgan fingerprint density at radius 1 is 1.00 bits per heavy atom. The van der Waals surface area contributed by atoms with Gasteiger partial charge in [-0.15, -0.1) is 0 Å². The van der Waals surface area contributed by atoms with Gasteiger partial charge < -0.3 is 0 Å². The van der Waals surface area contributed by atoms with Crippen molar-refractivity contribution >= 4 is 0 Å². The number of halogens is 2. The van der Waals surface area contributed by atoms with E-state index in [9.17, 15) is 8.78 Å². The lowest BCUT2D eigenvalue weighted by atomic mass is 9.80. The van der Waals surface area contributed by atoms with E-state index in [-0.39, 0.29) is 17.0 Å². The van der Waals surface area contributed by atoms with Crippen LogP contribution in [0.4, 0.5) is 8.78 Å². The Morgan fingerprint density at radius 2 is 1.65 bits per heavy atom. The second-order valence-electron chi connectivity index (χ2n) is 8.80. The number of hydrogen-bond acceptors (Lipinski definition) is 1. The van der Waals surface area contributed by atoms with E-state index in [1.165, 1.54) is 17.7 Å². The number of hydrogen-bond donors (Lipinski definition) is 0. The van der Waals surface area contributed by atoms with Gasteiger partial charge in [-0.3, -0.25) is 4.90 Å². The third-order valence-corrected chi connectivity index (χ3v) is 5.89. The van der Waals surface area contributed by atoms with Crippen molar-refractivity contribution in [1.82, 2.24) is 4.90 Å². The van der Waals surface area contributed by atoms with E-state index < -0.39 is 0 Å². The maximum atomic E-state index is 13.7. The van der Waals surface area contributed by atoms with Gasteiger partial charge in [0.2, 0.25) is 0 Å². The van der Waals surface area contributed by atoms with Crippen LogP contribution in [-0.4, -0.2) is 17.5 Å². The Morgan fingerprint density at radius 3 is 2.31 bits per heavy atom. The van der Waals surface area contributed by atoms with Crippen LogP contribution in [0.2, 0.25) is 0 Å². The second kappa shape index (κ2) is 7.48. The molecule has 2 aromatic rings. The Bertz CT molecular complexity index is 746. The molecule has 0 aromatic heterocycles. The number of fused-ring (bicyclic) bond motifs is 1. The highest BCUT2D eigenvalue weighted by Crippen LogP contribution is 2.31. The highest BCUT2D eigenvalue weighted by Gasteiger charge is 2.30. The normalized spacial score (nSPS) is 19.2. The monoisotopic (exact) mass is 357 g/mol. The SMILES string of the molecule is CC(CN1Cc2ccc(F)cc2C[C@@H]1Cc1ccc(F)cc1)C(C)(C)C. The van der Waals surface area contributed by atoms with Crippen LogP contribution in [0.1, 0.15) is 44.4 Å². The van der Waals surface area contributed by atoms with Crippen LogP contribution in [0, 0.1) is 23.0 Å². The molecular formula is C23H29F2N. The van der Waals surface area contributed by atoms with Gasteiger partial charge in [-0.1, -0.05) is 45.9 Å². The van der Waals surface area contributed by atoms with Crippen molar-refractivity contribution in [3.05, 3.63) is 70.8 Å². The first kappa shape index (κ1) is 19.0. The lowest BCUT2D eigenvalue weighted by Gasteiger charge is -2.41. The number of rotatable bonds is 4. The van der Waals surface area contributed by atoms with Crippen molar-refractivity contribution in [2.24, 2.45) is 11.3 Å². The van der Waals surface area contributed by atoms with Crippen molar-refractivity contribution in [2.75, 3.05) is 6.54 Å². The van der Waals surface area contributed by atoms with Crippen LogP contribution in [0.15, 0.2) is 42.5 Å². The highest BCUT2D eigenvalue weighted by molar-refractivity contribution is 5.32. The summed E-state index contributed by atoms with van der Waals surface area (Å²) >= 11 is 0. The first-order chi connectivity index (χ1) is 12.2. The first-order valence-corrected chi connectivity index (χ1v) is 9.48. The third-order valence-electron chi connectivity index (χ3n) is 5.89. The molecular weight excluding hydrogens is 328 g/mol. The molecule has 0 saturated carbocycles. The minimum atomic E-state index is -0.206. The van der Waals surface area contributed by atoms with Gasteiger partial charge >= 0.3 is 0 Å². The van der Waals surface area contributed by atoms with Crippen molar-refractivity contribution in [3.63, 3.8) is 0 Å². The molecule has 0 bridgehead atoms. The van der Waals surface area contributed by atoms with Gasteiger partial charge in [0, 0.05) is 19.1 Å². The summed E-state index contributed by atoms with van der Waals surface area (Å²) in [5.74, 6) is 0.170. The maximum absolute atomic E-state index is 13.7. The van der Waals surface area contributed by atoms with Gasteiger partial charge in [0.05, 0.1) is 0 Å². The first-order valence-electron chi connectivity index (χ1n) is 9.48. The topological polar surface area (TPSA) is 3.24 Å². The highest BCUT2D eigenvalue weighted by atomic mass is 19.1. The molecule has 3 heteroatoms. The van der Waals surface area contributed by atoms with Gasteiger partial charge in [0.25, 0.3) is 0 Å². The van der Waals surface area contributed by atoms with Crippen LogP contribution in [0.5, 0.6) is 0 Å². The standard InChI is InChI=1S/C23H29F2N/c1-16(23(2,3)4)14-26-15-18-7-10-21(25)12-19(18)13-22(26)11-17-5-8-20(24)9-6-17/h5-10,12,16,22H,11,13-15H2,1-4H3/t16?,22-/m0/s1. The summed E-state index contributed by atoms with van der Waals surface area (Å²) in [4.78, 5) is 2.53. The van der Waals surface area contributed by atoms with Crippen molar-refractivity contribution in [3.8, 4) is 0 Å². The Labute approximate surface area is 156 Å². The predicted octanol–water partition coefficient (Wildman–Crippen LogP) is 5.62. The average Bonchev–Trinajstić information content (AvgIpc) is 2.56. The van der Waals surface area contributed by atoms with Crippen molar-refractivity contribution < 1.29 is 8.78 Å². The van der Waals surface area contributed by atoms with Crippen LogP contribution < -0.4 is 0 Å². The molecule has 3 rings (SSSR count). The molecule has 0 radical (unpaired) electrons. The predicted molar refractivity (Wildman–Crippen MR) is 103 cm³/mol. The summed E-state index contributed by atoms with van der Waals surface area (Å²) in [5.41, 5.74) is 3.70. The summed E-state index contributed by atoms with van der Waals surface area (Å²) in [6.07, 6.45) is 1.69. The average molecular weight is 357 g/mol. The van der Waals surface area contributed by atoms with Crippen LogP contribution in [0.3, 0.4) is 0 Å². The molecule has 0 spiro atoms. The smallest absolute Gasteiger partial charge is 0.123 e. The Kier molecular flexibility index (Phi) is 5.47. The molecule has 0 saturated heterocycles. The quantitative estimate of drug-likeness (QED) is 0.687. The molecule has 0 aliphatic carbocycles. The van der Waals surface area contributed by atoms with Gasteiger partial charge in [-0.05, 0) is 65.1 Å². The largest absolute Gasteiger partial charge is 0.295 e. The van der Waals surface area contributed by atoms with E-state index in [2.05, 4.69) is 32.6 Å². The molecule has 0 fully saturated rings. The van der Waals surface area contributed by atoms with E-state index in [0.29, 0.717) is 12.0 Å². The van der Waals surface area contributed by atoms with Crippen LogP contribution >= 0.6 is 0 Å². The van der Waals surface area contributed by atoms with Gasteiger partial charge in [0.15, 0.2) is 0 Å². The Hall–Kier alpha value is -1.74. The van der Waals surface area contributed by atoms with Gasteiger partial charge in [-0.2, -0.15) is 0 Å². The zero-order valence-corrected chi connectivity index (χ0v) is 16.2. The zero-order chi connectivity index (χ0) is 18.9. The van der Waals surface area contributed by atoms with E-state index in [4.69, 9.17) is 0 Å². The molecule has 2 aromatic carbocycles. The molecule has 1 unspecified atom stereocenters. The molecule has 0 N–H and O–H groups in total. The second-order valence-corrected chi connectivity index (χ2v) is 8.80. The van der Waals surface area contributed by atoms with E-state index in [0.717, 1.165) is 37.1 Å². The van der Waals surface area contributed by atoms with Crippen molar-refractivity contribution in [1.29, 1.82) is 0 Å². The molecule has 1 heterocycles. The van der Waals surface area contributed by atoms with E-state index in [1.54, 1.807) is 12.1 Å². The minimum Gasteiger partial charge on any atom is -0.295 e. The lowest BCUT2D eigenvalue weighted by molar-refractivity contribution is 0.106. The van der Waals surface area contributed by atoms with E-state index >= 15 is 0 Å². The molecule has 26 heavy (non-hydrogen) atoms. The summed E-state index contributed by atoms with van der Waals surface area (Å²) < 4.78 is 26.9. The fourth-order valence-corrected chi connectivity index (χ4v) is 3.60. The molecule has 1 aliphatic heterocycles. The molecule has 1 aliphatic rings. The van der Waals surface area contributed by atoms with Crippen LogP contribution in [0.25, 0.3) is 0 Å². The van der Waals surface area contributed by atoms with E-state index in [1.807, 2.05) is 18.2 Å². The summed E-state index contributed by atoms with van der Waals surface area (Å²) in [7, 11) is 0. The molecule has 0 amide bonds. The maximum Gasteiger partial charge on any atom is 0.123 e. The van der Waals surface area contributed by atoms with Crippen LogP contribution in [-0.2, 0) is 19.4 Å². The molecule has 2 atom stereocenters. The van der Waals surface area contributed by atoms with Gasteiger partial charge in [0.1, 0.15) is 11.6 Å². The summed E-state index contributed by atoms with van der Waals surface area (Å²) in [6.45, 7) is 11.0. The minimum absolute atomic E-state index is 0.166. The summed E-state index contributed by atoms with van der Waals surface area (Å²) in [6, 6.07) is 12.2. The fraction of sp³-hybridized carbons (Fsp3) is 0.478. The number of benzene rings is 2. The Balaban J connectivity index is 1.84. The molecule has 1 nitrogen and oxygen atoms in total. The summed E-state index contributed by atoms with van der Waals surface area (Å²) in [5, 5.41) is 0. The number of nitrogens with zero attached hydrogens (tertiary/aromatic N) is 1. The molecule has 140 valence electrons. The zero-order valence-electron chi connectivity index (χ0n) is 16.2. The van der Waals surface area contributed by atoms with Gasteiger partial charge in [-0.25, -0.2) is 8.78 Å². The fourth-order valence-electron chi connectivity index (χ4n) is 3.60. The third kappa shape index (κ3) is 4.50.